The number of nitrogens with zero attached hydrogens (tertiary/aromatic N) is 3. The van der Waals surface area contributed by atoms with Gasteiger partial charge in [-0.05, 0) is 18.6 Å². The Hall–Kier alpha value is -2.21. The molecule has 3 aromatic rings. The van der Waals surface area contributed by atoms with Crippen LogP contribution in [0.1, 0.15) is 51.0 Å². The quantitative estimate of drug-likeness (QED) is 0.774. The van der Waals surface area contributed by atoms with Gasteiger partial charge in [0.1, 0.15) is 0 Å². The monoisotopic (exact) mass is 299 g/mol. The average molecular weight is 299 g/mol. The minimum Gasteiger partial charge on any atom is -0.338 e. The lowest BCUT2D eigenvalue weighted by Gasteiger charge is -2.12. The molecule has 2 heterocycles. The van der Waals surface area contributed by atoms with Crippen molar-refractivity contribution in [3.63, 3.8) is 0 Å². The van der Waals surface area contributed by atoms with E-state index in [9.17, 15) is 0 Å². The number of hydrogen-bond donors (Lipinski definition) is 2. The van der Waals surface area contributed by atoms with Crippen molar-refractivity contribution >= 4 is 10.9 Å². The fourth-order valence-electron chi connectivity index (χ4n) is 2.17. The third kappa shape index (κ3) is 3.01. The maximum absolute atomic E-state index is 5.36. The van der Waals surface area contributed by atoms with Gasteiger partial charge in [0.05, 0.1) is 17.8 Å². The molecule has 1 atom stereocenters. The van der Waals surface area contributed by atoms with Crippen LogP contribution in [0.3, 0.4) is 0 Å². The number of rotatable bonds is 4. The zero-order chi connectivity index (χ0) is 15.7. The van der Waals surface area contributed by atoms with E-state index in [0.29, 0.717) is 5.89 Å². The summed E-state index contributed by atoms with van der Waals surface area (Å²) in [6, 6.07) is 6.24. The Morgan fingerprint density at radius 3 is 2.86 bits per heavy atom. The standard InChI is InChI=1S/C16H21N5O/c1-10(14-19-15(21-22-14)16(2,3)4)17-8-11-5-6-12-9-18-20-13(12)7-11/h5-7,9-10,17H,8H2,1-4H3,(H,18,20). The Morgan fingerprint density at radius 1 is 1.32 bits per heavy atom. The molecule has 0 fully saturated rings. The van der Waals surface area contributed by atoms with E-state index >= 15 is 0 Å². The fourth-order valence-corrected chi connectivity index (χ4v) is 2.17. The number of benzene rings is 1. The Morgan fingerprint density at radius 2 is 2.14 bits per heavy atom. The van der Waals surface area contributed by atoms with Crippen LogP contribution in [0.5, 0.6) is 0 Å². The highest BCUT2D eigenvalue weighted by Gasteiger charge is 2.22. The zero-order valence-corrected chi connectivity index (χ0v) is 13.3. The van der Waals surface area contributed by atoms with Gasteiger partial charge in [-0.15, -0.1) is 0 Å². The number of hydrogen-bond acceptors (Lipinski definition) is 5. The van der Waals surface area contributed by atoms with Crippen molar-refractivity contribution in [3.8, 4) is 0 Å². The van der Waals surface area contributed by atoms with Crippen LogP contribution in [-0.2, 0) is 12.0 Å². The van der Waals surface area contributed by atoms with Crippen LogP contribution in [0.15, 0.2) is 28.9 Å². The highest BCUT2D eigenvalue weighted by molar-refractivity contribution is 5.78. The van der Waals surface area contributed by atoms with Gasteiger partial charge in [0.2, 0.25) is 5.89 Å². The van der Waals surface area contributed by atoms with Gasteiger partial charge in [-0.3, -0.25) is 5.10 Å². The van der Waals surface area contributed by atoms with Crippen molar-refractivity contribution in [1.29, 1.82) is 0 Å². The maximum Gasteiger partial charge on any atom is 0.243 e. The summed E-state index contributed by atoms with van der Waals surface area (Å²) in [6.45, 7) is 8.95. The lowest BCUT2D eigenvalue weighted by Crippen LogP contribution is -2.19. The molecule has 0 aliphatic rings. The second-order valence-electron chi connectivity index (χ2n) is 6.60. The van der Waals surface area contributed by atoms with Crippen molar-refractivity contribution in [2.75, 3.05) is 0 Å². The summed E-state index contributed by atoms with van der Waals surface area (Å²) < 4.78 is 5.36. The minimum absolute atomic E-state index is 0.000985. The molecule has 0 bridgehead atoms. The molecule has 0 saturated carbocycles. The molecule has 22 heavy (non-hydrogen) atoms. The first-order valence-electron chi connectivity index (χ1n) is 7.43. The molecule has 0 aliphatic heterocycles. The average Bonchev–Trinajstić information content (AvgIpc) is 3.12. The second kappa shape index (κ2) is 5.53. The number of aromatic amines is 1. The minimum atomic E-state index is -0.104. The lowest BCUT2D eigenvalue weighted by molar-refractivity contribution is 0.330. The van der Waals surface area contributed by atoms with Crippen molar-refractivity contribution in [2.24, 2.45) is 0 Å². The second-order valence-corrected chi connectivity index (χ2v) is 6.60. The predicted molar refractivity (Wildman–Crippen MR) is 84.3 cm³/mol. The first kappa shape index (κ1) is 14.7. The van der Waals surface area contributed by atoms with Crippen LogP contribution >= 0.6 is 0 Å². The van der Waals surface area contributed by atoms with Crippen molar-refractivity contribution < 1.29 is 4.52 Å². The van der Waals surface area contributed by atoms with Crippen LogP contribution in [0, 0.1) is 0 Å². The summed E-state index contributed by atoms with van der Waals surface area (Å²) in [5.41, 5.74) is 2.12. The molecule has 6 nitrogen and oxygen atoms in total. The topological polar surface area (TPSA) is 79.6 Å². The molecule has 0 radical (unpaired) electrons. The van der Waals surface area contributed by atoms with Gasteiger partial charge in [-0.1, -0.05) is 38.1 Å². The molecule has 0 aliphatic carbocycles. The Labute approximate surface area is 129 Å². The van der Waals surface area contributed by atoms with Gasteiger partial charge < -0.3 is 9.84 Å². The van der Waals surface area contributed by atoms with Gasteiger partial charge >= 0.3 is 0 Å². The Bertz CT molecular complexity index is 768. The van der Waals surface area contributed by atoms with Crippen LogP contribution in [0.4, 0.5) is 0 Å². The first-order chi connectivity index (χ1) is 10.4. The third-order valence-corrected chi connectivity index (χ3v) is 3.60. The summed E-state index contributed by atoms with van der Waals surface area (Å²) in [6.07, 6.45) is 1.82. The maximum atomic E-state index is 5.36. The van der Waals surface area contributed by atoms with E-state index in [0.717, 1.165) is 23.3 Å². The van der Waals surface area contributed by atoms with Crippen LogP contribution < -0.4 is 5.32 Å². The summed E-state index contributed by atoms with van der Waals surface area (Å²) >= 11 is 0. The van der Waals surface area contributed by atoms with Gasteiger partial charge in [0.15, 0.2) is 5.82 Å². The molecular formula is C16H21N5O. The molecule has 2 N–H and O–H groups in total. The summed E-state index contributed by atoms with van der Waals surface area (Å²) in [5.74, 6) is 1.35. The van der Waals surface area contributed by atoms with Crippen molar-refractivity contribution in [1.82, 2.24) is 25.7 Å². The molecule has 2 aromatic heterocycles. The first-order valence-corrected chi connectivity index (χ1v) is 7.43. The summed E-state index contributed by atoms with van der Waals surface area (Å²) in [4.78, 5) is 4.48. The predicted octanol–water partition coefficient (Wildman–Crippen LogP) is 3.09. The molecule has 3 rings (SSSR count). The lowest BCUT2D eigenvalue weighted by atomic mass is 9.96. The van der Waals surface area contributed by atoms with Gasteiger partial charge in [0, 0.05) is 17.3 Å². The summed E-state index contributed by atoms with van der Waals surface area (Å²) in [5, 5.41) is 15.6. The Kier molecular flexibility index (Phi) is 3.70. The molecular weight excluding hydrogens is 278 g/mol. The Balaban J connectivity index is 1.66. The van der Waals surface area contributed by atoms with Gasteiger partial charge in [0.25, 0.3) is 0 Å². The van der Waals surface area contributed by atoms with Crippen molar-refractivity contribution in [3.05, 3.63) is 41.7 Å². The third-order valence-electron chi connectivity index (χ3n) is 3.60. The van der Waals surface area contributed by atoms with Crippen LogP contribution in [-0.4, -0.2) is 20.3 Å². The van der Waals surface area contributed by atoms with Gasteiger partial charge in [-0.25, -0.2) is 0 Å². The summed E-state index contributed by atoms with van der Waals surface area (Å²) in [7, 11) is 0. The van der Waals surface area contributed by atoms with Crippen molar-refractivity contribution in [2.45, 2.75) is 45.7 Å². The number of H-pyrrole nitrogens is 1. The molecule has 1 aromatic carbocycles. The van der Waals surface area contributed by atoms with Gasteiger partial charge in [-0.2, -0.15) is 10.1 Å². The molecule has 1 unspecified atom stereocenters. The SMILES string of the molecule is CC(NCc1ccc2cn[nH]c2c1)c1nc(C(C)(C)C)no1. The highest BCUT2D eigenvalue weighted by Crippen LogP contribution is 2.21. The highest BCUT2D eigenvalue weighted by atomic mass is 16.5. The van der Waals surface area contributed by atoms with E-state index in [1.807, 2.05) is 13.1 Å². The van der Waals surface area contributed by atoms with Crippen LogP contribution in [0.25, 0.3) is 10.9 Å². The normalized spacial score (nSPS) is 13.6. The smallest absolute Gasteiger partial charge is 0.243 e. The van der Waals surface area contributed by atoms with E-state index in [-0.39, 0.29) is 11.5 Å². The van der Waals surface area contributed by atoms with Crippen LogP contribution in [0.2, 0.25) is 0 Å². The fraction of sp³-hybridized carbons (Fsp3) is 0.438. The molecule has 6 heteroatoms. The molecule has 0 saturated heterocycles. The number of aromatic nitrogens is 4. The van der Waals surface area contributed by atoms with E-state index < -0.39 is 0 Å². The van der Waals surface area contributed by atoms with E-state index in [1.165, 1.54) is 5.56 Å². The molecule has 0 spiro atoms. The van der Waals surface area contributed by atoms with E-state index in [4.69, 9.17) is 4.52 Å². The number of fused-ring (bicyclic) bond motifs is 1. The van der Waals surface area contributed by atoms with E-state index in [2.05, 4.69) is 64.6 Å². The number of nitrogens with one attached hydrogen (secondary N) is 2. The zero-order valence-electron chi connectivity index (χ0n) is 13.3. The largest absolute Gasteiger partial charge is 0.338 e. The molecule has 0 amide bonds. The van der Waals surface area contributed by atoms with E-state index in [1.54, 1.807) is 0 Å². The molecule has 116 valence electrons.